The minimum Gasteiger partial charge on any atom is -0.497 e. The van der Waals surface area contributed by atoms with Gasteiger partial charge in [0.25, 0.3) is 0 Å². The van der Waals surface area contributed by atoms with Crippen LogP contribution in [-0.4, -0.2) is 44.6 Å². The molecular weight excluding hydrogens is 633 g/mol. The van der Waals surface area contributed by atoms with Crippen molar-refractivity contribution in [3.05, 3.63) is 121 Å². The van der Waals surface area contributed by atoms with Crippen LogP contribution in [0.1, 0.15) is 12.5 Å². The highest BCUT2D eigenvalue weighted by Gasteiger charge is 2.53. The maximum absolute atomic E-state index is 14.6. The lowest BCUT2D eigenvalue weighted by atomic mass is 10.2. The molecule has 1 fully saturated rings. The zero-order chi connectivity index (χ0) is 29.7. The number of rotatable bonds is 9. The summed E-state index contributed by atoms with van der Waals surface area (Å²) < 4.78 is 11.3. The first-order chi connectivity index (χ1) is 20.4. The Morgan fingerprint density at radius 2 is 1.29 bits per heavy atom. The van der Waals surface area contributed by atoms with E-state index in [1.54, 1.807) is 19.2 Å². The summed E-state index contributed by atoms with van der Waals surface area (Å²) >= 11 is 4.50. The Bertz CT molecular complexity index is 1530. The van der Waals surface area contributed by atoms with Crippen LogP contribution >= 0.6 is 34.6 Å². The molecule has 4 aromatic rings. The summed E-state index contributed by atoms with van der Waals surface area (Å²) in [5, 5.41) is 1.88. The second-order valence-corrected chi connectivity index (χ2v) is 15.1. The lowest BCUT2D eigenvalue weighted by Crippen LogP contribution is -2.65. The minimum atomic E-state index is -3.04. The van der Waals surface area contributed by atoms with Crippen LogP contribution < -0.4 is 20.7 Å². The topological polar surface area (TPSA) is 72.9 Å². The molecule has 0 bridgehead atoms. The Balaban J connectivity index is 1.82. The number of esters is 1. The third-order valence-corrected chi connectivity index (χ3v) is 13.5. The SMILES string of the molecule is COc1ccc(COC(=O)C(N2C(=O)[C@H](Br)[C@H]2SC(C)=O)=P(c2ccccc2)(c2ccccc2)c2ccccc2)cc1. The lowest BCUT2D eigenvalue weighted by molar-refractivity contribution is -0.142. The molecule has 4 aromatic carbocycles. The van der Waals surface area contributed by atoms with Gasteiger partial charge in [0.15, 0.2) is 5.12 Å². The molecule has 5 rings (SSSR count). The molecule has 1 aliphatic heterocycles. The fourth-order valence-corrected chi connectivity index (χ4v) is 11.2. The van der Waals surface area contributed by atoms with Crippen LogP contribution in [0.5, 0.6) is 5.75 Å². The number of hydrogen-bond acceptors (Lipinski definition) is 6. The molecule has 6 nitrogen and oxygen atoms in total. The van der Waals surface area contributed by atoms with Gasteiger partial charge in [-0.25, -0.2) is 4.79 Å². The summed E-state index contributed by atoms with van der Waals surface area (Å²) in [7, 11) is 1.59. The van der Waals surface area contributed by atoms with E-state index in [1.807, 2.05) is 103 Å². The average molecular weight is 663 g/mol. The highest BCUT2D eigenvalue weighted by Crippen LogP contribution is 2.50. The predicted octanol–water partition coefficient (Wildman–Crippen LogP) is 5.07. The first-order valence-electron chi connectivity index (χ1n) is 13.3. The molecule has 1 heterocycles. The summed E-state index contributed by atoms with van der Waals surface area (Å²) in [6.45, 7) is -1.58. The van der Waals surface area contributed by atoms with Gasteiger partial charge < -0.3 is 9.47 Å². The molecule has 1 amide bonds. The Morgan fingerprint density at radius 1 is 0.810 bits per heavy atom. The second kappa shape index (κ2) is 13.2. The van der Waals surface area contributed by atoms with Crippen LogP contribution in [-0.2, 0) is 25.7 Å². The third-order valence-electron chi connectivity index (χ3n) is 6.95. The summed E-state index contributed by atoms with van der Waals surface area (Å²) in [4.78, 5) is 41.5. The van der Waals surface area contributed by atoms with Gasteiger partial charge in [-0.05, 0) is 33.6 Å². The molecule has 0 unspecified atom stereocenters. The number of benzene rings is 4. The molecule has 0 aliphatic carbocycles. The second-order valence-electron chi connectivity index (χ2n) is 9.54. The van der Waals surface area contributed by atoms with E-state index in [0.717, 1.165) is 33.2 Å². The molecule has 1 aliphatic rings. The predicted molar refractivity (Wildman–Crippen MR) is 175 cm³/mol. The van der Waals surface area contributed by atoms with Gasteiger partial charge in [0.2, 0.25) is 5.91 Å². The zero-order valence-electron chi connectivity index (χ0n) is 23.1. The van der Waals surface area contributed by atoms with E-state index in [4.69, 9.17) is 9.47 Å². The van der Waals surface area contributed by atoms with Crippen LogP contribution in [0.3, 0.4) is 0 Å². The van der Waals surface area contributed by atoms with Crippen molar-refractivity contribution < 1.29 is 23.9 Å². The molecule has 0 spiro atoms. The monoisotopic (exact) mass is 661 g/mol. The summed E-state index contributed by atoms with van der Waals surface area (Å²) in [6, 6.07) is 36.6. The van der Waals surface area contributed by atoms with Crippen molar-refractivity contribution in [2.75, 3.05) is 7.11 Å². The van der Waals surface area contributed by atoms with Gasteiger partial charge >= 0.3 is 5.97 Å². The Morgan fingerprint density at radius 3 is 1.71 bits per heavy atom. The number of β-lactam (4-membered cyclic amide) rings is 1. The van der Waals surface area contributed by atoms with Crippen LogP contribution in [0.2, 0.25) is 0 Å². The van der Waals surface area contributed by atoms with Crippen molar-refractivity contribution in [2.45, 2.75) is 23.7 Å². The standard InChI is InChI=1S/C33H29BrNO5PS/c1-23(36)42-32-29(34)30(37)35(32)31(33(38)40-22-24-18-20-25(39-2)21-19-24)41(26-12-6-3-7-13-26,27-14-8-4-9-15-27)28-16-10-5-11-17-28/h3-21,29,32H,22H2,1-2H3/t29-,32+/m0/s1. The van der Waals surface area contributed by atoms with Crippen molar-refractivity contribution in [3.63, 3.8) is 0 Å². The maximum atomic E-state index is 14.6. The van der Waals surface area contributed by atoms with Gasteiger partial charge in [-0.2, -0.15) is 0 Å². The average Bonchev–Trinajstić information content (AvgIpc) is 3.04. The van der Waals surface area contributed by atoms with Crippen molar-refractivity contribution in [1.82, 2.24) is 4.90 Å². The van der Waals surface area contributed by atoms with Gasteiger partial charge in [-0.1, -0.05) is 131 Å². The third kappa shape index (κ3) is 5.71. The molecule has 42 heavy (non-hydrogen) atoms. The minimum absolute atomic E-state index is 0.00497. The number of nitrogens with zero attached hydrogens (tertiary/aromatic N) is 1. The van der Waals surface area contributed by atoms with Gasteiger partial charge in [-0.15, -0.1) is 0 Å². The summed E-state index contributed by atoms with van der Waals surface area (Å²) in [6.07, 6.45) is 0. The Labute approximate surface area is 258 Å². The van der Waals surface area contributed by atoms with E-state index >= 15 is 0 Å². The van der Waals surface area contributed by atoms with Gasteiger partial charge in [0.05, 0.1) is 7.11 Å². The molecule has 0 radical (unpaired) electrons. The normalized spacial score (nSPS) is 16.4. The fraction of sp³-hybridized carbons (Fsp3) is 0.152. The molecule has 9 heteroatoms. The number of likely N-dealkylation sites (tertiary alicyclic amines) is 1. The number of amides is 1. The van der Waals surface area contributed by atoms with Crippen LogP contribution in [0.4, 0.5) is 0 Å². The zero-order valence-corrected chi connectivity index (χ0v) is 26.4. The van der Waals surface area contributed by atoms with Crippen LogP contribution in [0.15, 0.2) is 115 Å². The maximum Gasteiger partial charge on any atom is 0.356 e. The fourth-order valence-electron chi connectivity index (χ4n) is 5.04. The molecule has 214 valence electrons. The van der Waals surface area contributed by atoms with E-state index in [1.165, 1.54) is 11.8 Å². The van der Waals surface area contributed by atoms with E-state index in [-0.39, 0.29) is 23.0 Å². The Hall–Kier alpha value is -3.58. The summed E-state index contributed by atoms with van der Waals surface area (Å²) in [5.74, 6) is -0.215. The van der Waals surface area contributed by atoms with Crippen molar-refractivity contribution in [3.8, 4) is 5.75 Å². The number of carbonyl (C=O) groups excluding carboxylic acids is 3. The number of hydrogen-bond donors (Lipinski definition) is 0. The quantitative estimate of drug-likeness (QED) is 0.108. The number of alkyl halides is 1. The van der Waals surface area contributed by atoms with Gasteiger partial charge in [0.1, 0.15) is 28.0 Å². The van der Waals surface area contributed by atoms with E-state index in [0.29, 0.717) is 5.75 Å². The molecule has 0 aromatic heterocycles. The molecular formula is C33H29BrNO5PS. The first kappa shape index (κ1) is 29.9. The summed E-state index contributed by atoms with van der Waals surface area (Å²) in [5.41, 5.74) is 1.01. The van der Waals surface area contributed by atoms with Gasteiger partial charge in [-0.3, -0.25) is 14.5 Å². The number of halogens is 1. The van der Waals surface area contributed by atoms with Crippen molar-refractivity contribution in [1.29, 1.82) is 0 Å². The van der Waals surface area contributed by atoms with E-state index < -0.39 is 23.1 Å². The van der Waals surface area contributed by atoms with Gasteiger partial charge in [0, 0.05) is 13.8 Å². The van der Waals surface area contributed by atoms with Crippen LogP contribution in [0.25, 0.3) is 0 Å². The van der Waals surface area contributed by atoms with E-state index in [9.17, 15) is 14.4 Å². The Kier molecular flexibility index (Phi) is 9.37. The number of thioether (sulfide) groups is 1. The number of methoxy groups -OCH3 is 1. The molecule has 1 saturated heterocycles. The largest absolute Gasteiger partial charge is 0.497 e. The molecule has 0 saturated carbocycles. The van der Waals surface area contributed by atoms with Crippen molar-refractivity contribution in [2.24, 2.45) is 0 Å². The number of carbonyl (C=O) groups is 3. The van der Waals surface area contributed by atoms with Crippen LogP contribution in [0, 0.1) is 0 Å². The lowest BCUT2D eigenvalue weighted by Gasteiger charge is -2.47. The number of ether oxygens (including phenoxy) is 2. The molecule has 0 N–H and O–H groups in total. The first-order valence-corrected chi connectivity index (χ1v) is 16.8. The highest BCUT2D eigenvalue weighted by atomic mass is 79.9. The highest BCUT2D eigenvalue weighted by molar-refractivity contribution is 9.10. The molecule has 2 atom stereocenters. The smallest absolute Gasteiger partial charge is 0.356 e. The van der Waals surface area contributed by atoms with Crippen molar-refractivity contribution >= 4 is 72.9 Å². The van der Waals surface area contributed by atoms with E-state index in [2.05, 4.69) is 15.9 Å².